The summed E-state index contributed by atoms with van der Waals surface area (Å²) in [5, 5.41) is 8.20. The van der Waals surface area contributed by atoms with Gasteiger partial charge in [0.2, 0.25) is 5.91 Å². The Morgan fingerprint density at radius 2 is 2.26 bits per heavy atom. The highest BCUT2D eigenvalue weighted by Gasteiger charge is 2.14. The Bertz CT molecular complexity index is 434. The van der Waals surface area contributed by atoms with Crippen molar-refractivity contribution < 1.29 is 14.3 Å². The molecule has 0 aromatic carbocycles. The monoisotopic (exact) mass is 285 g/mol. The second-order valence-electron chi connectivity index (χ2n) is 4.05. The molecule has 2 N–H and O–H groups in total. The Kier molecular flexibility index (Phi) is 6.27. The molecule has 0 aliphatic heterocycles. The third-order valence-electron chi connectivity index (χ3n) is 2.39. The zero-order chi connectivity index (χ0) is 14.3. The number of thiazole rings is 1. The molecule has 1 heterocycles. The van der Waals surface area contributed by atoms with Crippen LogP contribution in [-0.2, 0) is 20.7 Å². The molecule has 0 saturated heterocycles. The van der Waals surface area contributed by atoms with Gasteiger partial charge in [-0.05, 0) is 13.3 Å². The van der Waals surface area contributed by atoms with Crippen molar-refractivity contribution in [2.75, 3.05) is 19.0 Å². The number of nitrogens with zero attached hydrogens (tertiary/aromatic N) is 1. The average Bonchev–Trinajstić information content (AvgIpc) is 2.82. The van der Waals surface area contributed by atoms with Gasteiger partial charge in [-0.2, -0.15) is 0 Å². The van der Waals surface area contributed by atoms with Gasteiger partial charge in [0.25, 0.3) is 0 Å². The number of aromatic nitrogens is 1. The van der Waals surface area contributed by atoms with Crippen molar-refractivity contribution >= 4 is 28.3 Å². The number of methoxy groups -OCH3 is 1. The first-order chi connectivity index (χ1) is 9.06. The number of carbonyl (C=O) groups is 2. The van der Waals surface area contributed by atoms with E-state index >= 15 is 0 Å². The number of anilines is 1. The van der Waals surface area contributed by atoms with E-state index in [0.29, 0.717) is 17.4 Å². The van der Waals surface area contributed by atoms with Gasteiger partial charge in [-0.15, -0.1) is 11.3 Å². The summed E-state index contributed by atoms with van der Waals surface area (Å²) in [6, 6.07) is -0.358. The van der Waals surface area contributed by atoms with Gasteiger partial charge in [-0.25, -0.2) is 4.98 Å². The molecule has 0 spiro atoms. The van der Waals surface area contributed by atoms with E-state index in [4.69, 9.17) is 0 Å². The third kappa shape index (κ3) is 5.25. The summed E-state index contributed by atoms with van der Waals surface area (Å²) in [7, 11) is 1.34. The average molecular weight is 285 g/mol. The molecule has 6 nitrogen and oxygen atoms in total. The summed E-state index contributed by atoms with van der Waals surface area (Å²) >= 11 is 1.36. The maximum absolute atomic E-state index is 11.7. The smallest absolute Gasteiger partial charge is 0.311 e. The van der Waals surface area contributed by atoms with Gasteiger partial charge in [0.05, 0.1) is 19.2 Å². The maximum Gasteiger partial charge on any atom is 0.311 e. The van der Waals surface area contributed by atoms with Crippen LogP contribution in [0.25, 0.3) is 0 Å². The lowest BCUT2D eigenvalue weighted by atomic mass is 10.3. The SMILES string of the molecule is CCCNC(=O)C(C)Nc1nc(CC(=O)OC)cs1. The Hall–Kier alpha value is -1.63. The fourth-order valence-corrected chi connectivity index (χ4v) is 2.13. The second kappa shape index (κ2) is 7.73. The van der Waals surface area contributed by atoms with Crippen molar-refractivity contribution in [2.45, 2.75) is 32.7 Å². The van der Waals surface area contributed by atoms with Crippen molar-refractivity contribution in [1.82, 2.24) is 10.3 Å². The molecular weight excluding hydrogens is 266 g/mol. The Morgan fingerprint density at radius 1 is 1.53 bits per heavy atom. The van der Waals surface area contributed by atoms with Gasteiger partial charge >= 0.3 is 5.97 Å². The first-order valence-electron chi connectivity index (χ1n) is 6.12. The Balaban J connectivity index is 2.48. The quantitative estimate of drug-likeness (QED) is 0.735. The molecule has 1 rings (SSSR count). The second-order valence-corrected chi connectivity index (χ2v) is 4.91. The molecule has 0 bridgehead atoms. The lowest BCUT2D eigenvalue weighted by Gasteiger charge is -2.12. The Labute approximate surface area is 116 Å². The first-order valence-corrected chi connectivity index (χ1v) is 7.00. The summed E-state index contributed by atoms with van der Waals surface area (Å²) in [5.41, 5.74) is 0.639. The van der Waals surface area contributed by atoms with Crippen molar-refractivity contribution in [1.29, 1.82) is 0 Å². The minimum Gasteiger partial charge on any atom is -0.469 e. The van der Waals surface area contributed by atoms with E-state index in [1.807, 2.05) is 6.92 Å². The third-order valence-corrected chi connectivity index (χ3v) is 3.21. The Morgan fingerprint density at radius 3 is 2.89 bits per heavy atom. The first kappa shape index (κ1) is 15.4. The van der Waals surface area contributed by atoms with Crippen molar-refractivity contribution in [3.63, 3.8) is 0 Å². The predicted octanol–water partition coefficient (Wildman–Crippen LogP) is 1.19. The number of carbonyl (C=O) groups excluding carboxylic acids is 2. The molecule has 0 aliphatic rings. The lowest BCUT2D eigenvalue weighted by Crippen LogP contribution is -2.37. The van der Waals surface area contributed by atoms with Crippen LogP contribution in [0.15, 0.2) is 5.38 Å². The van der Waals surface area contributed by atoms with E-state index in [-0.39, 0.29) is 24.3 Å². The van der Waals surface area contributed by atoms with Crippen LogP contribution in [0.3, 0.4) is 0 Å². The van der Waals surface area contributed by atoms with Crippen molar-refractivity contribution in [3.8, 4) is 0 Å². The summed E-state index contributed by atoms with van der Waals surface area (Å²) in [4.78, 5) is 27.0. The van der Waals surface area contributed by atoms with Crippen LogP contribution < -0.4 is 10.6 Å². The molecular formula is C12H19N3O3S. The van der Waals surface area contributed by atoms with Crippen LogP contribution in [-0.4, -0.2) is 36.6 Å². The van der Waals surface area contributed by atoms with Crippen LogP contribution in [0.1, 0.15) is 26.0 Å². The molecule has 1 atom stereocenters. The number of rotatable bonds is 7. The molecule has 0 saturated carbocycles. The molecule has 1 unspecified atom stereocenters. The number of hydrogen-bond acceptors (Lipinski definition) is 6. The minimum atomic E-state index is -0.358. The van der Waals surface area contributed by atoms with Crippen molar-refractivity contribution in [2.24, 2.45) is 0 Å². The van der Waals surface area contributed by atoms with Gasteiger partial charge in [0.15, 0.2) is 5.13 Å². The van der Waals surface area contributed by atoms with Crippen LogP contribution >= 0.6 is 11.3 Å². The van der Waals surface area contributed by atoms with Crippen LogP contribution in [0.5, 0.6) is 0 Å². The van der Waals surface area contributed by atoms with Gasteiger partial charge in [0.1, 0.15) is 6.04 Å². The van der Waals surface area contributed by atoms with Gasteiger partial charge < -0.3 is 15.4 Å². The molecule has 0 radical (unpaired) electrons. The lowest BCUT2D eigenvalue weighted by molar-refractivity contribution is -0.139. The van der Waals surface area contributed by atoms with Crippen molar-refractivity contribution in [3.05, 3.63) is 11.1 Å². The van der Waals surface area contributed by atoms with Crippen LogP contribution in [0.2, 0.25) is 0 Å². The molecule has 7 heteroatoms. The fourth-order valence-electron chi connectivity index (χ4n) is 1.33. The zero-order valence-electron chi connectivity index (χ0n) is 11.4. The molecule has 1 aromatic heterocycles. The molecule has 0 aliphatic carbocycles. The predicted molar refractivity (Wildman–Crippen MR) is 74.2 cm³/mol. The number of ether oxygens (including phenoxy) is 1. The van der Waals surface area contributed by atoms with Gasteiger partial charge in [0, 0.05) is 11.9 Å². The molecule has 0 fully saturated rings. The van der Waals surface area contributed by atoms with Gasteiger partial charge in [-0.1, -0.05) is 6.92 Å². The number of esters is 1. The van der Waals surface area contributed by atoms with E-state index in [9.17, 15) is 9.59 Å². The highest BCUT2D eigenvalue weighted by molar-refractivity contribution is 7.13. The summed E-state index contributed by atoms with van der Waals surface area (Å²) in [6.45, 7) is 4.43. The van der Waals surface area contributed by atoms with E-state index in [2.05, 4.69) is 20.4 Å². The fraction of sp³-hybridized carbons (Fsp3) is 0.583. The maximum atomic E-state index is 11.7. The van der Waals surface area contributed by atoms with E-state index in [1.165, 1.54) is 18.4 Å². The number of hydrogen-bond donors (Lipinski definition) is 2. The molecule has 1 amide bonds. The number of amides is 1. The highest BCUT2D eigenvalue weighted by atomic mass is 32.1. The van der Waals surface area contributed by atoms with Gasteiger partial charge in [-0.3, -0.25) is 9.59 Å². The summed E-state index contributed by atoms with van der Waals surface area (Å²) in [6.07, 6.45) is 1.05. The largest absolute Gasteiger partial charge is 0.469 e. The van der Waals surface area contributed by atoms with E-state index in [0.717, 1.165) is 6.42 Å². The minimum absolute atomic E-state index is 0.0634. The van der Waals surface area contributed by atoms with Crippen LogP contribution in [0.4, 0.5) is 5.13 Å². The van der Waals surface area contributed by atoms with Crippen LogP contribution in [0, 0.1) is 0 Å². The molecule has 106 valence electrons. The molecule has 19 heavy (non-hydrogen) atoms. The highest BCUT2D eigenvalue weighted by Crippen LogP contribution is 2.17. The standard InChI is InChI=1S/C12H19N3O3S/c1-4-5-13-11(17)8(2)14-12-15-9(7-19-12)6-10(16)18-3/h7-8H,4-6H2,1-3H3,(H,13,17)(H,14,15). The summed E-state index contributed by atoms with van der Waals surface area (Å²) in [5.74, 6) is -0.392. The van der Waals surface area contributed by atoms with E-state index in [1.54, 1.807) is 12.3 Å². The number of nitrogens with one attached hydrogen (secondary N) is 2. The topological polar surface area (TPSA) is 80.3 Å². The molecule has 1 aromatic rings. The summed E-state index contributed by atoms with van der Waals surface area (Å²) < 4.78 is 4.57. The normalized spacial score (nSPS) is 11.7. The zero-order valence-corrected chi connectivity index (χ0v) is 12.2. The van der Waals surface area contributed by atoms with E-state index < -0.39 is 0 Å².